The fourth-order valence-electron chi connectivity index (χ4n) is 1.89. The predicted molar refractivity (Wildman–Crippen MR) is 76.1 cm³/mol. The molecule has 0 aliphatic heterocycles. The van der Waals surface area contributed by atoms with E-state index in [4.69, 9.17) is 22.1 Å². The van der Waals surface area contributed by atoms with Gasteiger partial charge >= 0.3 is 0 Å². The van der Waals surface area contributed by atoms with Gasteiger partial charge in [0.15, 0.2) is 0 Å². The maximum atomic E-state index is 6.15. The minimum Gasteiger partial charge on any atom is -0.496 e. The maximum Gasteiger partial charge on any atom is 0.123 e. The zero-order chi connectivity index (χ0) is 13.1. The van der Waals surface area contributed by atoms with Crippen LogP contribution in [0.2, 0.25) is 5.02 Å². The van der Waals surface area contributed by atoms with Crippen molar-refractivity contribution in [1.82, 2.24) is 0 Å². The molecule has 2 aromatic carbocycles. The van der Waals surface area contributed by atoms with Crippen molar-refractivity contribution in [2.75, 3.05) is 7.11 Å². The van der Waals surface area contributed by atoms with E-state index >= 15 is 0 Å². The van der Waals surface area contributed by atoms with E-state index in [0.717, 1.165) is 33.0 Å². The van der Waals surface area contributed by atoms with Crippen LogP contribution in [0.4, 0.5) is 0 Å². The molecule has 0 unspecified atom stereocenters. The lowest BCUT2D eigenvalue weighted by Crippen LogP contribution is -2.00. The summed E-state index contributed by atoms with van der Waals surface area (Å²) < 4.78 is 5.26. The van der Waals surface area contributed by atoms with Crippen LogP contribution in [-0.2, 0) is 6.54 Å². The Kier molecular flexibility index (Phi) is 3.90. The number of methoxy groups -OCH3 is 1. The van der Waals surface area contributed by atoms with Crippen molar-refractivity contribution < 1.29 is 4.74 Å². The van der Waals surface area contributed by atoms with Gasteiger partial charge in [-0.2, -0.15) is 0 Å². The van der Waals surface area contributed by atoms with Crippen LogP contribution in [0.3, 0.4) is 0 Å². The number of hydrogen-bond acceptors (Lipinski definition) is 2. The van der Waals surface area contributed by atoms with Gasteiger partial charge in [-0.25, -0.2) is 0 Å². The van der Waals surface area contributed by atoms with Crippen LogP contribution in [0, 0.1) is 6.92 Å². The molecule has 0 saturated heterocycles. The minimum atomic E-state index is 0.455. The Morgan fingerprint density at radius 1 is 1.11 bits per heavy atom. The van der Waals surface area contributed by atoms with Gasteiger partial charge in [-0.15, -0.1) is 0 Å². The molecule has 0 radical (unpaired) electrons. The molecule has 94 valence electrons. The molecule has 0 aromatic heterocycles. The van der Waals surface area contributed by atoms with Crippen molar-refractivity contribution in [2.24, 2.45) is 5.73 Å². The molecule has 0 aliphatic rings. The standard InChI is InChI=1S/C15H16ClNO/c1-10-3-4-12(8-14(10)16)11-5-6-15(18-2)13(7-11)9-17/h3-8H,9,17H2,1-2H3. The average Bonchev–Trinajstić information content (AvgIpc) is 2.41. The number of nitrogens with two attached hydrogens (primary N) is 1. The minimum absolute atomic E-state index is 0.455. The molecule has 2 aromatic rings. The van der Waals surface area contributed by atoms with E-state index in [1.807, 2.05) is 37.3 Å². The normalized spacial score (nSPS) is 10.4. The second kappa shape index (κ2) is 5.42. The van der Waals surface area contributed by atoms with E-state index in [-0.39, 0.29) is 0 Å². The SMILES string of the molecule is COc1ccc(-c2ccc(C)c(Cl)c2)cc1CN. The third kappa shape index (κ3) is 2.50. The van der Waals surface area contributed by atoms with Crippen LogP contribution in [0.15, 0.2) is 36.4 Å². The van der Waals surface area contributed by atoms with Gasteiger partial charge in [0, 0.05) is 17.1 Å². The Balaban J connectivity index is 2.47. The summed E-state index contributed by atoms with van der Waals surface area (Å²) in [5, 5.41) is 0.776. The number of ether oxygens (including phenoxy) is 1. The van der Waals surface area contributed by atoms with Gasteiger partial charge in [-0.05, 0) is 41.8 Å². The Labute approximate surface area is 112 Å². The van der Waals surface area contributed by atoms with Gasteiger partial charge in [-0.3, -0.25) is 0 Å². The molecule has 0 atom stereocenters. The predicted octanol–water partition coefficient (Wildman–Crippen LogP) is 3.78. The van der Waals surface area contributed by atoms with E-state index in [1.54, 1.807) is 7.11 Å². The molecule has 2 rings (SSSR count). The molecule has 2 N–H and O–H groups in total. The highest BCUT2D eigenvalue weighted by molar-refractivity contribution is 6.31. The molecule has 0 fully saturated rings. The lowest BCUT2D eigenvalue weighted by Gasteiger charge is -2.10. The number of rotatable bonds is 3. The summed E-state index contributed by atoms with van der Waals surface area (Å²) in [6, 6.07) is 12.0. The van der Waals surface area contributed by atoms with E-state index in [9.17, 15) is 0 Å². The first-order valence-corrected chi connectivity index (χ1v) is 6.17. The summed E-state index contributed by atoms with van der Waals surface area (Å²) in [5.41, 5.74) is 9.97. The fourth-order valence-corrected chi connectivity index (χ4v) is 2.07. The van der Waals surface area contributed by atoms with Gasteiger partial charge in [0.25, 0.3) is 0 Å². The highest BCUT2D eigenvalue weighted by atomic mass is 35.5. The van der Waals surface area contributed by atoms with Gasteiger partial charge in [0.1, 0.15) is 5.75 Å². The second-order valence-corrected chi connectivity index (χ2v) is 4.60. The van der Waals surface area contributed by atoms with Crippen molar-refractivity contribution >= 4 is 11.6 Å². The first-order chi connectivity index (χ1) is 8.65. The summed E-state index contributed by atoms with van der Waals surface area (Å²) in [6.07, 6.45) is 0. The highest BCUT2D eigenvalue weighted by Crippen LogP contribution is 2.29. The van der Waals surface area contributed by atoms with Crippen LogP contribution < -0.4 is 10.5 Å². The number of hydrogen-bond donors (Lipinski definition) is 1. The van der Waals surface area contributed by atoms with Gasteiger partial charge < -0.3 is 10.5 Å². The smallest absolute Gasteiger partial charge is 0.123 e. The summed E-state index contributed by atoms with van der Waals surface area (Å²) in [7, 11) is 1.65. The summed E-state index contributed by atoms with van der Waals surface area (Å²) in [5.74, 6) is 0.819. The van der Waals surface area contributed by atoms with E-state index < -0.39 is 0 Å². The molecule has 0 heterocycles. The van der Waals surface area contributed by atoms with Crippen molar-refractivity contribution in [3.63, 3.8) is 0 Å². The van der Waals surface area contributed by atoms with Gasteiger partial charge in [-0.1, -0.05) is 29.8 Å². The third-order valence-corrected chi connectivity index (χ3v) is 3.41. The summed E-state index contributed by atoms with van der Waals surface area (Å²) in [4.78, 5) is 0. The Bertz CT molecular complexity index is 566. The van der Waals surface area contributed by atoms with E-state index in [2.05, 4.69) is 6.07 Å². The van der Waals surface area contributed by atoms with Crippen LogP contribution >= 0.6 is 11.6 Å². The molecule has 0 amide bonds. The molecular formula is C15H16ClNO. The quantitative estimate of drug-likeness (QED) is 0.913. The number of halogens is 1. The molecule has 2 nitrogen and oxygen atoms in total. The van der Waals surface area contributed by atoms with Crippen molar-refractivity contribution in [3.05, 3.63) is 52.5 Å². The van der Waals surface area contributed by atoms with Crippen molar-refractivity contribution in [1.29, 1.82) is 0 Å². The Morgan fingerprint density at radius 2 is 1.78 bits per heavy atom. The van der Waals surface area contributed by atoms with Crippen LogP contribution in [-0.4, -0.2) is 7.11 Å². The number of aryl methyl sites for hydroxylation is 1. The van der Waals surface area contributed by atoms with Crippen LogP contribution in [0.5, 0.6) is 5.75 Å². The molecule has 0 bridgehead atoms. The lowest BCUT2D eigenvalue weighted by atomic mass is 10.0. The molecule has 0 aliphatic carbocycles. The third-order valence-electron chi connectivity index (χ3n) is 3.01. The average molecular weight is 262 g/mol. The Morgan fingerprint density at radius 3 is 2.39 bits per heavy atom. The van der Waals surface area contributed by atoms with E-state index in [0.29, 0.717) is 6.54 Å². The molecular weight excluding hydrogens is 246 g/mol. The molecule has 0 spiro atoms. The molecule has 0 saturated carbocycles. The fraction of sp³-hybridized carbons (Fsp3) is 0.200. The van der Waals surface area contributed by atoms with Crippen LogP contribution in [0.25, 0.3) is 11.1 Å². The van der Waals surface area contributed by atoms with Crippen molar-refractivity contribution in [3.8, 4) is 16.9 Å². The summed E-state index contributed by atoms with van der Waals surface area (Å²) in [6.45, 7) is 2.45. The first-order valence-electron chi connectivity index (χ1n) is 5.79. The van der Waals surface area contributed by atoms with E-state index in [1.165, 1.54) is 0 Å². The highest BCUT2D eigenvalue weighted by Gasteiger charge is 2.05. The van der Waals surface area contributed by atoms with Gasteiger partial charge in [0.2, 0.25) is 0 Å². The Hall–Kier alpha value is -1.51. The zero-order valence-corrected chi connectivity index (χ0v) is 11.3. The maximum absolute atomic E-state index is 6.15. The monoisotopic (exact) mass is 261 g/mol. The first kappa shape index (κ1) is 12.9. The van der Waals surface area contributed by atoms with Gasteiger partial charge in [0.05, 0.1) is 7.11 Å². The summed E-state index contributed by atoms with van der Waals surface area (Å²) >= 11 is 6.15. The van der Waals surface area contributed by atoms with Crippen LogP contribution in [0.1, 0.15) is 11.1 Å². The molecule has 18 heavy (non-hydrogen) atoms. The van der Waals surface area contributed by atoms with Crippen molar-refractivity contribution in [2.45, 2.75) is 13.5 Å². The molecule has 3 heteroatoms. The lowest BCUT2D eigenvalue weighted by molar-refractivity contribution is 0.410. The number of benzene rings is 2. The topological polar surface area (TPSA) is 35.2 Å². The largest absolute Gasteiger partial charge is 0.496 e. The zero-order valence-electron chi connectivity index (χ0n) is 10.5. The second-order valence-electron chi connectivity index (χ2n) is 4.19.